The van der Waals surface area contributed by atoms with Crippen LogP contribution in [0, 0.1) is 0 Å². The van der Waals surface area contributed by atoms with Crippen LogP contribution in [0.3, 0.4) is 0 Å². The highest BCUT2D eigenvalue weighted by Gasteiger charge is 2.15. The predicted molar refractivity (Wildman–Crippen MR) is 57.0 cm³/mol. The minimum Gasteiger partial charge on any atom is -0.451 e. The maximum absolute atomic E-state index is 11.5. The molecule has 0 amide bonds. The average Bonchev–Trinajstić information content (AvgIpc) is 2.17. The Morgan fingerprint density at radius 1 is 1.40 bits per heavy atom. The predicted octanol–water partition coefficient (Wildman–Crippen LogP) is 2.47. The fourth-order valence-corrected chi connectivity index (χ4v) is 1.12. The number of rotatable bonds is 3. The van der Waals surface area contributed by atoms with Crippen LogP contribution in [0.1, 0.15) is 24.2 Å². The zero-order chi connectivity index (χ0) is 11.4. The van der Waals surface area contributed by atoms with Gasteiger partial charge in [0.2, 0.25) is 0 Å². The van der Waals surface area contributed by atoms with Gasteiger partial charge >= 0.3 is 5.97 Å². The Bertz CT molecular complexity index is 387. The molecule has 1 aromatic rings. The number of halogens is 1. The van der Waals surface area contributed by atoms with Gasteiger partial charge in [0.15, 0.2) is 11.9 Å². The molecule has 80 valence electrons. The lowest BCUT2D eigenvalue weighted by Crippen LogP contribution is -2.21. The SMILES string of the molecule is CC(=O)C(C)OC(=O)c1cccc(Cl)c1. The molecule has 0 radical (unpaired) electrons. The van der Waals surface area contributed by atoms with Gasteiger partial charge in [0.05, 0.1) is 5.56 Å². The fourth-order valence-electron chi connectivity index (χ4n) is 0.927. The van der Waals surface area contributed by atoms with Crippen LogP contribution in [0.15, 0.2) is 24.3 Å². The summed E-state index contributed by atoms with van der Waals surface area (Å²) in [5.74, 6) is -0.731. The number of esters is 1. The first-order valence-electron chi connectivity index (χ1n) is 4.47. The van der Waals surface area contributed by atoms with Gasteiger partial charge in [-0.25, -0.2) is 4.79 Å². The van der Waals surface area contributed by atoms with E-state index in [1.165, 1.54) is 19.9 Å². The summed E-state index contributed by atoms with van der Waals surface area (Å²) in [5.41, 5.74) is 0.343. The number of Topliss-reactive ketones (excluding diaryl/α,β-unsaturated/α-hetero) is 1. The van der Waals surface area contributed by atoms with Crippen molar-refractivity contribution in [2.75, 3.05) is 0 Å². The molecule has 0 aromatic heterocycles. The molecule has 4 heteroatoms. The van der Waals surface area contributed by atoms with Crippen LogP contribution in [0.25, 0.3) is 0 Å². The van der Waals surface area contributed by atoms with Crippen LogP contribution in [0.5, 0.6) is 0 Å². The molecule has 1 rings (SSSR count). The van der Waals surface area contributed by atoms with Gasteiger partial charge in [-0.2, -0.15) is 0 Å². The van der Waals surface area contributed by atoms with Gasteiger partial charge in [-0.05, 0) is 32.0 Å². The Morgan fingerprint density at radius 3 is 2.60 bits per heavy atom. The van der Waals surface area contributed by atoms with Crippen LogP contribution in [-0.4, -0.2) is 17.9 Å². The Balaban J connectivity index is 2.73. The molecule has 1 unspecified atom stereocenters. The molecule has 0 N–H and O–H groups in total. The quantitative estimate of drug-likeness (QED) is 0.744. The lowest BCUT2D eigenvalue weighted by molar-refractivity contribution is -0.124. The summed E-state index contributed by atoms with van der Waals surface area (Å²) in [6.07, 6.45) is -0.725. The molecule has 0 saturated carbocycles. The van der Waals surface area contributed by atoms with Gasteiger partial charge in [0.25, 0.3) is 0 Å². The number of ketones is 1. The molecule has 1 aromatic carbocycles. The largest absolute Gasteiger partial charge is 0.451 e. The molecule has 0 fully saturated rings. The van der Waals surface area contributed by atoms with E-state index in [-0.39, 0.29) is 5.78 Å². The Hall–Kier alpha value is -1.35. The number of ether oxygens (including phenoxy) is 1. The topological polar surface area (TPSA) is 43.4 Å². The second-order valence-electron chi connectivity index (χ2n) is 3.17. The molecule has 15 heavy (non-hydrogen) atoms. The van der Waals surface area contributed by atoms with E-state index in [1.807, 2.05) is 0 Å². The summed E-state index contributed by atoms with van der Waals surface area (Å²) >= 11 is 5.71. The zero-order valence-corrected chi connectivity index (χ0v) is 9.25. The van der Waals surface area contributed by atoms with Crippen molar-refractivity contribution in [2.45, 2.75) is 20.0 Å². The number of hydrogen-bond donors (Lipinski definition) is 0. The fraction of sp³-hybridized carbons (Fsp3) is 0.273. The molecule has 0 heterocycles. The molecular formula is C11H11ClO3. The molecule has 0 bridgehead atoms. The van der Waals surface area contributed by atoms with E-state index in [9.17, 15) is 9.59 Å². The van der Waals surface area contributed by atoms with Crippen molar-refractivity contribution < 1.29 is 14.3 Å². The van der Waals surface area contributed by atoms with Crippen molar-refractivity contribution >= 4 is 23.4 Å². The minimum atomic E-state index is -0.725. The average molecular weight is 227 g/mol. The molecule has 0 aliphatic heterocycles. The first-order chi connectivity index (χ1) is 7.00. The number of carbonyl (C=O) groups is 2. The van der Waals surface area contributed by atoms with Crippen molar-refractivity contribution in [3.05, 3.63) is 34.9 Å². The summed E-state index contributed by atoms with van der Waals surface area (Å²) in [6.45, 7) is 2.90. The van der Waals surface area contributed by atoms with Gasteiger partial charge in [-0.3, -0.25) is 4.79 Å². The number of carbonyl (C=O) groups excluding carboxylic acids is 2. The maximum atomic E-state index is 11.5. The van der Waals surface area contributed by atoms with E-state index >= 15 is 0 Å². The Labute approximate surface area is 93.0 Å². The van der Waals surface area contributed by atoms with Gasteiger partial charge in [0, 0.05) is 5.02 Å². The van der Waals surface area contributed by atoms with Crippen LogP contribution >= 0.6 is 11.6 Å². The van der Waals surface area contributed by atoms with Gasteiger partial charge in [-0.15, -0.1) is 0 Å². The van der Waals surface area contributed by atoms with Crippen LogP contribution < -0.4 is 0 Å². The van der Waals surface area contributed by atoms with Crippen molar-refractivity contribution in [1.29, 1.82) is 0 Å². The number of hydrogen-bond acceptors (Lipinski definition) is 3. The van der Waals surface area contributed by atoms with E-state index < -0.39 is 12.1 Å². The van der Waals surface area contributed by atoms with Crippen molar-refractivity contribution in [2.24, 2.45) is 0 Å². The van der Waals surface area contributed by atoms with Crippen molar-refractivity contribution in [3.8, 4) is 0 Å². The Kier molecular flexibility index (Phi) is 3.86. The molecule has 1 atom stereocenters. The standard InChI is InChI=1S/C11H11ClO3/c1-7(13)8(2)15-11(14)9-4-3-5-10(12)6-9/h3-6,8H,1-2H3. The highest BCUT2D eigenvalue weighted by molar-refractivity contribution is 6.30. The van der Waals surface area contributed by atoms with Crippen LogP contribution in [0.4, 0.5) is 0 Å². The molecule has 0 spiro atoms. The van der Waals surface area contributed by atoms with Gasteiger partial charge in [-0.1, -0.05) is 17.7 Å². The summed E-state index contributed by atoms with van der Waals surface area (Å²) < 4.78 is 4.91. The van der Waals surface area contributed by atoms with E-state index in [4.69, 9.17) is 16.3 Å². The molecular weight excluding hydrogens is 216 g/mol. The highest BCUT2D eigenvalue weighted by Crippen LogP contribution is 2.12. The summed E-state index contributed by atoms with van der Waals surface area (Å²) in [5, 5.41) is 0.458. The highest BCUT2D eigenvalue weighted by atomic mass is 35.5. The summed E-state index contributed by atoms with van der Waals surface area (Å²) in [6, 6.07) is 6.39. The lowest BCUT2D eigenvalue weighted by Gasteiger charge is -2.09. The smallest absolute Gasteiger partial charge is 0.338 e. The van der Waals surface area contributed by atoms with Crippen molar-refractivity contribution in [1.82, 2.24) is 0 Å². The third-order valence-corrected chi connectivity index (χ3v) is 2.15. The normalized spacial score (nSPS) is 11.9. The van der Waals surface area contributed by atoms with Gasteiger partial charge < -0.3 is 4.74 Å². The van der Waals surface area contributed by atoms with E-state index in [0.29, 0.717) is 10.6 Å². The number of benzene rings is 1. The van der Waals surface area contributed by atoms with E-state index in [2.05, 4.69) is 0 Å². The maximum Gasteiger partial charge on any atom is 0.338 e. The molecule has 0 saturated heterocycles. The second kappa shape index (κ2) is 4.94. The Morgan fingerprint density at radius 2 is 2.07 bits per heavy atom. The molecule has 3 nitrogen and oxygen atoms in total. The summed E-state index contributed by atoms with van der Waals surface area (Å²) in [4.78, 5) is 22.4. The zero-order valence-electron chi connectivity index (χ0n) is 8.49. The monoisotopic (exact) mass is 226 g/mol. The lowest BCUT2D eigenvalue weighted by atomic mass is 10.2. The van der Waals surface area contributed by atoms with Gasteiger partial charge in [0.1, 0.15) is 0 Å². The van der Waals surface area contributed by atoms with E-state index in [0.717, 1.165) is 0 Å². The summed E-state index contributed by atoms with van der Waals surface area (Å²) in [7, 11) is 0. The molecule has 0 aliphatic rings. The van der Waals surface area contributed by atoms with E-state index in [1.54, 1.807) is 18.2 Å². The minimum absolute atomic E-state index is 0.189. The molecule has 0 aliphatic carbocycles. The van der Waals surface area contributed by atoms with Crippen LogP contribution in [0.2, 0.25) is 5.02 Å². The first-order valence-corrected chi connectivity index (χ1v) is 4.85. The second-order valence-corrected chi connectivity index (χ2v) is 3.60. The first kappa shape index (κ1) is 11.7. The third-order valence-electron chi connectivity index (χ3n) is 1.92. The third kappa shape index (κ3) is 3.36. The van der Waals surface area contributed by atoms with Crippen molar-refractivity contribution in [3.63, 3.8) is 0 Å². The van der Waals surface area contributed by atoms with Crippen LogP contribution in [-0.2, 0) is 9.53 Å².